The molecule has 5 rings (SSSR count). The Morgan fingerprint density at radius 2 is 0.789 bits per heavy atom. The predicted octanol–water partition coefficient (Wildman–Crippen LogP) is 9.28. The van der Waals surface area contributed by atoms with Crippen LogP contribution in [0.25, 0.3) is 31.9 Å². The van der Waals surface area contributed by atoms with Crippen molar-refractivity contribution in [1.82, 2.24) is 0 Å². The Kier molecular flexibility index (Phi) is 7.45. The van der Waals surface area contributed by atoms with Gasteiger partial charge in [-0.25, -0.2) is 9.69 Å². The first-order valence-corrected chi connectivity index (χ1v) is 12.2. The van der Waals surface area contributed by atoms with Crippen molar-refractivity contribution in [3.63, 3.8) is 0 Å². The van der Waals surface area contributed by atoms with Crippen LogP contribution in [-0.4, -0.2) is 0 Å². The van der Waals surface area contributed by atoms with Gasteiger partial charge in [0.2, 0.25) is 11.4 Å². The first kappa shape index (κ1) is 24.4. The van der Waals surface area contributed by atoms with Crippen LogP contribution in [0.3, 0.4) is 0 Å². The Balaban J connectivity index is 1.52. The number of hydrogen-bond acceptors (Lipinski definition) is 2. The van der Waals surface area contributed by atoms with Crippen LogP contribution < -0.4 is 9.47 Å². The van der Waals surface area contributed by atoms with Crippen LogP contribution >= 0.6 is 0 Å². The van der Waals surface area contributed by atoms with Gasteiger partial charge in [-0.15, -0.1) is 0 Å². The van der Waals surface area contributed by atoms with E-state index < -0.39 is 0 Å². The van der Waals surface area contributed by atoms with E-state index in [0.29, 0.717) is 47.2 Å². The summed E-state index contributed by atoms with van der Waals surface area (Å²) in [4.78, 5) is 7.65. The SMILES string of the molecule is [C-]#[N+]c1c(-c2ccccc2OCc2ccccc2)ccc(-c2ccccc2OCc2ccccc2)c1[N+]#[C-]. The molecule has 0 aliphatic heterocycles. The predicted molar refractivity (Wildman–Crippen MR) is 151 cm³/mol. The van der Waals surface area contributed by atoms with Crippen LogP contribution in [0, 0.1) is 13.1 Å². The van der Waals surface area contributed by atoms with Crippen LogP contribution in [0.15, 0.2) is 121 Å². The van der Waals surface area contributed by atoms with Gasteiger partial charge in [-0.3, -0.25) is 0 Å². The van der Waals surface area contributed by atoms with Crippen molar-refractivity contribution in [1.29, 1.82) is 0 Å². The second kappa shape index (κ2) is 11.6. The Hall–Kier alpha value is -5.32. The minimum absolute atomic E-state index is 0.297. The van der Waals surface area contributed by atoms with Crippen molar-refractivity contribution < 1.29 is 9.47 Å². The van der Waals surface area contributed by atoms with Crippen LogP contribution in [0.4, 0.5) is 11.4 Å². The monoisotopic (exact) mass is 492 g/mol. The molecule has 0 fully saturated rings. The molecule has 5 aromatic carbocycles. The van der Waals surface area contributed by atoms with Gasteiger partial charge in [0, 0.05) is 11.1 Å². The van der Waals surface area contributed by atoms with Gasteiger partial charge in [0.25, 0.3) is 0 Å². The maximum atomic E-state index is 8.00. The van der Waals surface area contributed by atoms with Crippen molar-refractivity contribution in [2.45, 2.75) is 13.2 Å². The molecule has 0 aliphatic rings. The maximum Gasteiger partial charge on any atom is 0.203 e. The van der Waals surface area contributed by atoms with E-state index in [0.717, 1.165) is 22.3 Å². The van der Waals surface area contributed by atoms with Crippen LogP contribution in [0.2, 0.25) is 0 Å². The number of benzene rings is 5. The summed E-state index contributed by atoms with van der Waals surface area (Å²) < 4.78 is 12.3. The highest BCUT2D eigenvalue weighted by molar-refractivity contribution is 5.99. The van der Waals surface area contributed by atoms with E-state index >= 15 is 0 Å². The van der Waals surface area contributed by atoms with Gasteiger partial charge in [-0.1, -0.05) is 109 Å². The molecule has 0 bridgehead atoms. The zero-order valence-electron chi connectivity index (χ0n) is 20.7. The highest BCUT2D eigenvalue weighted by Crippen LogP contribution is 2.48. The van der Waals surface area contributed by atoms with E-state index in [1.54, 1.807) is 0 Å². The minimum atomic E-state index is 0.297. The molecule has 0 amide bonds. The molecule has 0 heterocycles. The quantitative estimate of drug-likeness (QED) is 0.202. The summed E-state index contributed by atoms with van der Waals surface area (Å²) in [7, 11) is 0. The highest BCUT2D eigenvalue weighted by atomic mass is 16.5. The van der Waals surface area contributed by atoms with E-state index in [2.05, 4.69) is 9.69 Å². The molecule has 0 unspecified atom stereocenters. The van der Waals surface area contributed by atoms with E-state index in [1.165, 1.54) is 0 Å². The Labute approximate surface area is 223 Å². The topological polar surface area (TPSA) is 27.2 Å². The Morgan fingerprint density at radius 3 is 1.18 bits per heavy atom. The lowest BCUT2D eigenvalue weighted by atomic mass is 9.95. The van der Waals surface area contributed by atoms with E-state index in [1.807, 2.05) is 121 Å². The lowest BCUT2D eigenvalue weighted by Gasteiger charge is -2.17. The van der Waals surface area contributed by atoms with Crippen molar-refractivity contribution in [2.24, 2.45) is 0 Å². The molecular formula is C34H24N2O2. The molecule has 182 valence electrons. The smallest absolute Gasteiger partial charge is 0.203 e. The van der Waals surface area contributed by atoms with Crippen molar-refractivity contribution in [2.75, 3.05) is 0 Å². The summed E-state index contributed by atoms with van der Waals surface area (Å²) >= 11 is 0. The molecule has 0 saturated heterocycles. The third-order valence-electron chi connectivity index (χ3n) is 6.20. The fourth-order valence-corrected chi connectivity index (χ4v) is 4.34. The van der Waals surface area contributed by atoms with Crippen LogP contribution in [0.1, 0.15) is 11.1 Å². The number of para-hydroxylation sites is 2. The minimum Gasteiger partial charge on any atom is -0.488 e. The molecule has 0 atom stereocenters. The Bertz CT molecular complexity index is 1510. The fourth-order valence-electron chi connectivity index (χ4n) is 4.34. The average Bonchev–Trinajstić information content (AvgIpc) is 2.99. The Morgan fingerprint density at radius 1 is 0.421 bits per heavy atom. The van der Waals surface area contributed by atoms with Gasteiger partial charge in [0.15, 0.2) is 0 Å². The third-order valence-corrected chi connectivity index (χ3v) is 6.20. The van der Waals surface area contributed by atoms with E-state index in [4.69, 9.17) is 22.6 Å². The standard InChI is InChI=1S/C34H24N2O2/c1-35-33-29(27-17-9-11-19-31(27)37-23-25-13-5-3-6-14-25)21-22-30(34(33)36-2)28-18-10-12-20-32(28)38-24-26-15-7-4-8-16-26/h3-22H,23-24H2. The van der Waals surface area contributed by atoms with Gasteiger partial charge in [0.1, 0.15) is 24.7 Å². The van der Waals surface area contributed by atoms with Gasteiger partial charge in [-0.2, -0.15) is 0 Å². The molecular weight excluding hydrogens is 468 g/mol. The van der Waals surface area contributed by atoms with Crippen LogP contribution in [-0.2, 0) is 13.2 Å². The lowest BCUT2D eigenvalue weighted by Crippen LogP contribution is -1.97. The number of hydrogen-bond donors (Lipinski definition) is 0. The normalized spacial score (nSPS) is 10.3. The number of ether oxygens (including phenoxy) is 2. The maximum absolute atomic E-state index is 8.00. The van der Waals surface area contributed by atoms with Crippen molar-refractivity contribution in [3.05, 3.63) is 155 Å². The van der Waals surface area contributed by atoms with Crippen LogP contribution in [0.5, 0.6) is 11.5 Å². The molecule has 5 aromatic rings. The first-order valence-electron chi connectivity index (χ1n) is 12.2. The second-order valence-corrected chi connectivity index (χ2v) is 8.62. The highest BCUT2D eigenvalue weighted by Gasteiger charge is 2.20. The zero-order chi connectivity index (χ0) is 26.2. The molecule has 0 radical (unpaired) electrons. The summed E-state index contributed by atoms with van der Waals surface area (Å²) in [6.45, 7) is 16.8. The number of nitrogens with zero attached hydrogens (tertiary/aromatic N) is 2. The molecule has 0 aliphatic carbocycles. The first-order chi connectivity index (χ1) is 18.8. The molecule has 0 N–H and O–H groups in total. The molecule has 0 aromatic heterocycles. The summed E-state index contributed by atoms with van der Waals surface area (Å²) in [5.74, 6) is 1.33. The lowest BCUT2D eigenvalue weighted by molar-refractivity contribution is 0.307. The zero-order valence-corrected chi connectivity index (χ0v) is 20.7. The number of rotatable bonds is 8. The fraction of sp³-hybridized carbons (Fsp3) is 0.0588. The summed E-state index contributed by atoms with van der Waals surface area (Å²) in [6, 6.07) is 39.0. The summed E-state index contributed by atoms with van der Waals surface area (Å²) in [5.41, 5.74) is 5.59. The van der Waals surface area contributed by atoms with E-state index in [9.17, 15) is 0 Å². The summed E-state index contributed by atoms with van der Waals surface area (Å²) in [5, 5.41) is 0. The summed E-state index contributed by atoms with van der Waals surface area (Å²) in [6.07, 6.45) is 0. The molecule has 4 nitrogen and oxygen atoms in total. The molecule has 4 heteroatoms. The molecule has 0 saturated carbocycles. The van der Waals surface area contributed by atoms with Crippen molar-refractivity contribution >= 4 is 11.4 Å². The van der Waals surface area contributed by atoms with Gasteiger partial charge in [-0.05, 0) is 34.4 Å². The average molecular weight is 493 g/mol. The largest absolute Gasteiger partial charge is 0.488 e. The molecule has 38 heavy (non-hydrogen) atoms. The molecule has 0 spiro atoms. The van der Waals surface area contributed by atoms with Gasteiger partial charge < -0.3 is 9.47 Å². The van der Waals surface area contributed by atoms with Crippen molar-refractivity contribution in [3.8, 4) is 33.8 Å². The second-order valence-electron chi connectivity index (χ2n) is 8.62. The third kappa shape index (κ3) is 5.26. The van der Waals surface area contributed by atoms with E-state index in [-0.39, 0.29) is 0 Å². The van der Waals surface area contributed by atoms with Gasteiger partial charge >= 0.3 is 0 Å². The van der Waals surface area contributed by atoms with Gasteiger partial charge in [0.05, 0.1) is 13.1 Å².